The Morgan fingerprint density at radius 2 is 1.95 bits per heavy atom. The summed E-state index contributed by atoms with van der Waals surface area (Å²) in [7, 11) is 1.28. The van der Waals surface area contributed by atoms with Gasteiger partial charge in [0.15, 0.2) is 23.0 Å². The number of hydrogen-bond acceptors (Lipinski definition) is 10. The Kier molecular flexibility index (Phi) is 12.1. The second-order valence-electron chi connectivity index (χ2n) is 9.12. The number of carbonyl (C=O) groups is 3. The van der Waals surface area contributed by atoms with Crippen LogP contribution >= 0.6 is 12.4 Å². The lowest BCUT2D eigenvalue weighted by atomic mass is 10.1. The molecule has 2 fully saturated rings. The number of hydrogen-bond donors (Lipinski definition) is 3. The van der Waals surface area contributed by atoms with E-state index < -0.39 is 36.5 Å². The summed E-state index contributed by atoms with van der Waals surface area (Å²) in [5, 5.41) is 10.4. The van der Waals surface area contributed by atoms with Gasteiger partial charge in [-0.05, 0) is 43.9 Å². The van der Waals surface area contributed by atoms with Crippen molar-refractivity contribution < 1.29 is 46.9 Å². The Hall–Kier alpha value is -3.49. The molecule has 1 aliphatic carbocycles. The number of carboxylic acid groups (broad SMARTS) is 1. The monoisotopic (exact) mass is 590 g/mol. The standard InChI is InChI=1S/C23H28F2N4O6.C2H4O2.ClH/c1-12(26)19-18(21(30)29-8-7-27-15(10-29)22(31)32-2)28-20(35-19)14-5-6-16(34-23(24)25)17(9-14)33-11-13-3-4-13;1-2(3)4;/h5-6,9,12-13,15,23,27H,3-4,7-8,10-11,26H2,1-2H3;1H3,(H,3,4);1H. The van der Waals surface area contributed by atoms with Crippen molar-refractivity contribution in [3.8, 4) is 23.0 Å². The number of aromatic nitrogens is 1. The third kappa shape index (κ3) is 9.03. The van der Waals surface area contributed by atoms with E-state index in [-0.39, 0.29) is 47.8 Å². The number of rotatable bonds is 9. The van der Waals surface area contributed by atoms with Gasteiger partial charge >= 0.3 is 12.6 Å². The van der Waals surface area contributed by atoms with Gasteiger partial charge in [0.1, 0.15) is 6.04 Å². The summed E-state index contributed by atoms with van der Waals surface area (Å²) in [5.41, 5.74) is 6.48. The molecule has 1 saturated carbocycles. The average molecular weight is 591 g/mol. The molecule has 2 atom stereocenters. The molecule has 4 N–H and O–H groups in total. The zero-order chi connectivity index (χ0) is 28.7. The Morgan fingerprint density at radius 1 is 1.27 bits per heavy atom. The maximum absolute atomic E-state index is 13.3. The van der Waals surface area contributed by atoms with E-state index in [2.05, 4.69) is 15.0 Å². The van der Waals surface area contributed by atoms with Gasteiger partial charge in [-0.3, -0.25) is 14.4 Å². The van der Waals surface area contributed by atoms with Crippen molar-refractivity contribution in [1.82, 2.24) is 15.2 Å². The highest BCUT2D eigenvalue weighted by atomic mass is 35.5. The number of alkyl halides is 2. The van der Waals surface area contributed by atoms with Crippen molar-refractivity contribution in [1.29, 1.82) is 0 Å². The third-order valence-electron chi connectivity index (χ3n) is 5.80. The van der Waals surface area contributed by atoms with Gasteiger partial charge in [-0.2, -0.15) is 8.78 Å². The van der Waals surface area contributed by atoms with Crippen molar-refractivity contribution in [2.24, 2.45) is 11.7 Å². The topological polar surface area (TPSA) is 166 Å². The van der Waals surface area contributed by atoms with Gasteiger partial charge in [0, 0.05) is 32.1 Å². The fraction of sp³-hybridized carbons (Fsp3) is 0.520. The molecule has 0 spiro atoms. The molecular weight excluding hydrogens is 558 g/mol. The van der Waals surface area contributed by atoms with Crippen LogP contribution in [0.5, 0.6) is 11.5 Å². The molecule has 0 radical (unpaired) electrons. The summed E-state index contributed by atoms with van der Waals surface area (Å²) in [6.07, 6.45) is 2.05. The van der Waals surface area contributed by atoms with Gasteiger partial charge in [0.2, 0.25) is 5.89 Å². The maximum Gasteiger partial charge on any atom is 0.387 e. The molecule has 15 heteroatoms. The largest absolute Gasteiger partial charge is 0.489 e. The first kappa shape index (κ1) is 32.7. The fourth-order valence-corrected chi connectivity index (χ4v) is 3.74. The molecule has 0 bridgehead atoms. The fourth-order valence-electron chi connectivity index (χ4n) is 3.74. The number of ether oxygens (including phenoxy) is 3. The van der Waals surface area contributed by atoms with E-state index in [0.717, 1.165) is 19.8 Å². The van der Waals surface area contributed by atoms with Crippen LogP contribution in [-0.4, -0.2) is 78.8 Å². The molecule has 12 nitrogen and oxygen atoms in total. The van der Waals surface area contributed by atoms with E-state index in [0.29, 0.717) is 31.2 Å². The number of carboxylic acids is 1. The lowest BCUT2D eigenvalue weighted by Crippen LogP contribution is -2.56. The zero-order valence-electron chi connectivity index (χ0n) is 22.2. The Morgan fingerprint density at radius 3 is 2.52 bits per heavy atom. The lowest BCUT2D eigenvalue weighted by molar-refractivity contribution is -0.144. The first-order valence-electron chi connectivity index (χ1n) is 12.3. The number of piperazine rings is 1. The van der Waals surface area contributed by atoms with E-state index >= 15 is 0 Å². The number of benzene rings is 1. The summed E-state index contributed by atoms with van der Waals surface area (Å²) in [6, 6.07) is 3.02. The normalized spacial score (nSPS) is 17.2. The van der Waals surface area contributed by atoms with Crippen molar-refractivity contribution in [2.75, 3.05) is 33.4 Å². The Balaban J connectivity index is 0.00000105. The van der Waals surface area contributed by atoms with Crippen LogP contribution in [-0.2, 0) is 14.3 Å². The second-order valence-corrected chi connectivity index (χ2v) is 9.12. The molecule has 1 saturated heterocycles. The number of nitrogens with one attached hydrogen (secondary N) is 1. The van der Waals surface area contributed by atoms with Crippen molar-refractivity contribution >= 4 is 30.3 Å². The van der Waals surface area contributed by atoms with E-state index in [1.807, 2.05) is 0 Å². The SMILES string of the molecule is CC(=O)O.COC(=O)C1CN(C(=O)c2nc(-c3ccc(OC(F)F)c(OCC4CC4)c3)oc2C(C)N)CCN1.Cl. The molecule has 2 unspecified atom stereocenters. The molecule has 2 aromatic rings. The molecule has 1 aromatic heterocycles. The van der Waals surface area contributed by atoms with Crippen LogP contribution in [0.25, 0.3) is 11.5 Å². The lowest BCUT2D eigenvalue weighted by Gasteiger charge is -2.31. The first-order valence-corrected chi connectivity index (χ1v) is 12.3. The number of nitrogens with zero attached hydrogens (tertiary/aromatic N) is 2. The van der Waals surface area contributed by atoms with Crippen molar-refractivity contribution in [2.45, 2.75) is 45.4 Å². The Labute approximate surface area is 235 Å². The molecule has 1 amide bonds. The summed E-state index contributed by atoms with van der Waals surface area (Å²) < 4.78 is 46.6. The first-order chi connectivity index (χ1) is 18.5. The van der Waals surface area contributed by atoms with Crippen LogP contribution in [0.3, 0.4) is 0 Å². The van der Waals surface area contributed by atoms with Crippen LogP contribution in [0.15, 0.2) is 22.6 Å². The number of carbonyl (C=O) groups excluding carboxylic acids is 2. The highest BCUT2D eigenvalue weighted by Gasteiger charge is 2.33. The van der Waals surface area contributed by atoms with Gasteiger partial charge < -0.3 is 39.7 Å². The molecule has 222 valence electrons. The van der Waals surface area contributed by atoms with Crippen LogP contribution in [0.1, 0.15) is 49.0 Å². The highest BCUT2D eigenvalue weighted by Crippen LogP contribution is 2.37. The molecular formula is C25H33ClF2N4O8. The summed E-state index contributed by atoms with van der Waals surface area (Å²) >= 11 is 0. The smallest absolute Gasteiger partial charge is 0.387 e. The van der Waals surface area contributed by atoms with Gasteiger partial charge in [-0.25, -0.2) is 4.98 Å². The van der Waals surface area contributed by atoms with Gasteiger partial charge in [-0.15, -0.1) is 12.4 Å². The van der Waals surface area contributed by atoms with Crippen molar-refractivity contribution in [3.05, 3.63) is 29.7 Å². The molecule has 1 aromatic carbocycles. The molecule has 4 rings (SSSR count). The minimum Gasteiger partial charge on any atom is -0.489 e. The number of amides is 1. The van der Waals surface area contributed by atoms with Gasteiger partial charge in [-0.1, -0.05) is 0 Å². The third-order valence-corrected chi connectivity index (χ3v) is 5.80. The molecule has 40 heavy (non-hydrogen) atoms. The van der Waals surface area contributed by atoms with E-state index in [1.54, 1.807) is 6.92 Å². The quantitative estimate of drug-likeness (QED) is 0.367. The van der Waals surface area contributed by atoms with Crippen LogP contribution in [0, 0.1) is 5.92 Å². The van der Waals surface area contributed by atoms with E-state index in [1.165, 1.54) is 30.2 Å². The summed E-state index contributed by atoms with van der Waals surface area (Å²) in [5.74, 6) is -1.07. The summed E-state index contributed by atoms with van der Waals surface area (Å²) in [4.78, 5) is 40.1. The number of methoxy groups -OCH3 is 1. The number of aliphatic carboxylic acids is 1. The predicted octanol–water partition coefficient (Wildman–Crippen LogP) is 2.85. The van der Waals surface area contributed by atoms with E-state index in [9.17, 15) is 18.4 Å². The number of halogens is 3. The molecule has 2 aliphatic rings. The minimum atomic E-state index is -3.01. The Bertz CT molecular complexity index is 1170. The van der Waals surface area contributed by atoms with Crippen molar-refractivity contribution in [3.63, 3.8) is 0 Å². The minimum absolute atomic E-state index is 0. The summed E-state index contributed by atoms with van der Waals surface area (Å²) in [6.45, 7) is 0.967. The van der Waals surface area contributed by atoms with Crippen LogP contribution < -0.4 is 20.5 Å². The predicted molar refractivity (Wildman–Crippen MR) is 140 cm³/mol. The number of nitrogens with two attached hydrogens (primary N) is 1. The number of oxazole rings is 1. The van der Waals surface area contributed by atoms with Gasteiger partial charge in [0.05, 0.1) is 19.8 Å². The van der Waals surface area contributed by atoms with Crippen LogP contribution in [0.2, 0.25) is 0 Å². The molecule has 2 heterocycles. The van der Waals surface area contributed by atoms with Gasteiger partial charge in [0.25, 0.3) is 11.9 Å². The van der Waals surface area contributed by atoms with E-state index in [4.69, 9.17) is 29.5 Å². The zero-order valence-corrected chi connectivity index (χ0v) is 23.0. The second kappa shape index (κ2) is 14.8. The number of esters is 1. The average Bonchev–Trinajstić information content (AvgIpc) is 3.61. The highest BCUT2D eigenvalue weighted by molar-refractivity contribution is 5.94. The molecule has 1 aliphatic heterocycles. The van der Waals surface area contributed by atoms with Crippen LogP contribution in [0.4, 0.5) is 8.78 Å². The maximum atomic E-state index is 13.3.